The third kappa shape index (κ3) is 4.40. The first-order valence-electron chi connectivity index (χ1n) is 6.87. The van der Waals surface area contributed by atoms with Crippen LogP contribution in [0.4, 0.5) is 0 Å². The van der Waals surface area contributed by atoms with Crippen molar-refractivity contribution in [1.29, 1.82) is 0 Å². The van der Waals surface area contributed by atoms with Gasteiger partial charge in [0.05, 0.1) is 6.10 Å². The van der Waals surface area contributed by atoms with Gasteiger partial charge in [0.1, 0.15) is 0 Å². The number of hydrogen-bond acceptors (Lipinski definition) is 3. The van der Waals surface area contributed by atoms with Crippen molar-refractivity contribution < 1.29 is 4.74 Å². The summed E-state index contributed by atoms with van der Waals surface area (Å²) >= 11 is 0. The number of nitrogens with two attached hydrogens (primary N) is 1. The molecule has 0 aromatic heterocycles. The monoisotopic (exact) mass is 228 g/mol. The van der Waals surface area contributed by atoms with Gasteiger partial charge in [-0.2, -0.15) is 0 Å². The summed E-state index contributed by atoms with van der Waals surface area (Å²) in [5.74, 6) is 0. The Labute approximate surface area is 100 Å². The molecule has 1 rings (SSSR count). The van der Waals surface area contributed by atoms with Crippen molar-refractivity contribution >= 4 is 0 Å². The highest BCUT2D eigenvalue weighted by Gasteiger charge is 2.19. The zero-order valence-electron chi connectivity index (χ0n) is 11.0. The van der Waals surface area contributed by atoms with Gasteiger partial charge in [0.2, 0.25) is 0 Å². The maximum Gasteiger partial charge on any atom is 0.0588 e. The molecule has 0 radical (unpaired) electrons. The van der Waals surface area contributed by atoms with Gasteiger partial charge in [-0.1, -0.05) is 13.8 Å². The van der Waals surface area contributed by atoms with E-state index in [9.17, 15) is 0 Å². The zero-order valence-corrected chi connectivity index (χ0v) is 11.0. The zero-order chi connectivity index (χ0) is 11.8. The van der Waals surface area contributed by atoms with E-state index in [0.29, 0.717) is 12.1 Å². The Kier molecular flexibility index (Phi) is 7.01. The smallest absolute Gasteiger partial charge is 0.0588 e. The predicted molar refractivity (Wildman–Crippen MR) is 68.6 cm³/mol. The van der Waals surface area contributed by atoms with Gasteiger partial charge in [0.15, 0.2) is 0 Å². The molecule has 3 nitrogen and oxygen atoms in total. The molecule has 1 aliphatic heterocycles. The van der Waals surface area contributed by atoms with Crippen LogP contribution in [-0.2, 0) is 4.74 Å². The van der Waals surface area contributed by atoms with Crippen molar-refractivity contribution in [2.24, 2.45) is 5.73 Å². The van der Waals surface area contributed by atoms with E-state index in [-0.39, 0.29) is 0 Å². The molecule has 0 aromatic carbocycles. The topological polar surface area (TPSA) is 38.5 Å². The fourth-order valence-electron chi connectivity index (χ4n) is 2.63. The minimum atomic E-state index is 0.509. The van der Waals surface area contributed by atoms with Gasteiger partial charge in [-0.05, 0) is 32.1 Å². The van der Waals surface area contributed by atoms with Gasteiger partial charge >= 0.3 is 0 Å². The van der Waals surface area contributed by atoms with Crippen molar-refractivity contribution in [3.8, 4) is 0 Å². The van der Waals surface area contributed by atoms with E-state index in [1.54, 1.807) is 0 Å². The fraction of sp³-hybridized carbons (Fsp3) is 1.00. The first kappa shape index (κ1) is 13.9. The van der Waals surface area contributed by atoms with Crippen LogP contribution in [-0.4, -0.2) is 43.3 Å². The van der Waals surface area contributed by atoms with E-state index in [1.165, 1.54) is 32.1 Å². The molecule has 1 aliphatic rings. The Bertz CT molecular complexity index is 165. The average molecular weight is 228 g/mol. The minimum absolute atomic E-state index is 0.509. The van der Waals surface area contributed by atoms with Gasteiger partial charge in [-0.25, -0.2) is 0 Å². The van der Waals surface area contributed by atoms with E-state index < -0.39 is 0 Å². The Hall–Kier alpha value is -0.120. The minimum Gasteiger partial charge on any atom is -0.378 e. The average Bonchev–Trinajstić information content (AvgIpc) is 2.80. The van der Waals surface area contributed by atoms with Gasteiger partial charge in [0, 0.05) is 32.3 Å². The quantitative estimate of drug-likeness (QED) is 0.690. The molecule has 0 saturated carbocycles. The summed E-state index contributed by atoms with van der Waals surface area (Å²) in [5.41, 5.74) is 5.69. The van der Waals surface area contributed by atoms with Crippen molar-refractivity contribution in [3.05, 3.63) is 0 Å². The Morgan fingerprint density at radius 2 is 2.06 bits per heavy atom. The predicted octanol–water partition coefficient (Wildman–Crippen LogP) is 2.00. The number of nitrogens with zero attached hydrogens (tertiary/aromatic N) is 1. The van der Waals surface area contributed by atoms with Crippen molar-refractivity contribution in [1.82, 2.24) is 4.90 Å². The second-order valence-electron chi connectivity index (χ2n) is 4.72. The second-order valence-corrected chi connectivity index (χ2v) is 4.72. The normalized spacial score (nSPS) is 21.2. The molecule has 2 N–H and O–H groups in total. The molecule has 0 bridgehead atoms. The van der Waals surface area contributed by atoms with Gasteiger partial charge in [-0.15, -0.1) is 0 Å². The summed E-state index contributed by atoms with van der Waals surface area (Å²) in [6.45, 7) is 8.44. The number of hydrogen-bond donors (Lipinski definition) is 1. The summed E-state index contributed by atoms with van der Waals surface area (Å²) in [4.78, 5) is 2.54. The lowest BCUT2D eigenvalue weighted by Crippen LogP contribution is -2.39. The third-order valence-corrected chi connectivity index (χ3v) is 3.64. The molecule has 1 unspecified atom stereocenters. The fourth-order valence-corrected chi connectivity index (χ4v) is 2.63. The van der Waals surface area contributed by atoms with E-state index in [1.807, 2.05) is 0 Å². The summed E-state index contributed by atoms with van der Waals surface area (Å²) in [7, 11) is 0. The van der Waals surface area contributed by atoms with Gasteiger partial charge < -0.3 is 10.5 Å². The maximum atomic E-state index is 5.69. The summed E-state index contributed by atoms with van der Waals surface area (Å²) < 4.78 is 5.67. The van der Waals surface area contributed by atoms with Crippen LogP contribution >= 0.6 is 0 Å². The van der Waals surface area contributed by atoms with Crippen LogP contribution in [0.2, 0.25) is 0 Å². The van der Waals surface area contributed by atoms with Crippen LogP contribution in [0, 0.1) is 0 Å². The highest BCUT2D eigenvalue weighted by molar-refractivity contribution is 4.73. The Balaban J connectivity index is 2.30. The molecule has 96 valence electrons. The molecule has 0 aromatic rings. The molecule has 1 atom stereocenters. The third-order valence-electron chi connectivity index (χ3n) is 3.64. The van der Waals surface area contributed by atoms with Crippen LogP contribution in [0.1, 0.15) is 46.0 Å². The Morgan fingerprint density at radius 1 is 1.31 bits per heavy atom. The lowest BCUT2D eigenvalue weighted by Gasteiger charge is -2.30. The standard InChI is InChI=1S/C13H28N2O/c1-3-12(4-2)15(10-8-14)9-7-13-6-5-11-16-13/h12-13H,3-11,14H2,1-2H3. The van der Waals surface area contributed by atoms with Gasteiger partial charge in [0.25, 0.3) is 0 Å². The first-order chi connectivity index (χ1) is 7.81. The van der Waals surface area contributed by atoms with E-state index >= 15 is 0 Å². The van der Waals surface area contributed by atoms with Crippen LogP contribution in [0.5, 0.6) is 0 Å². The van der Waals surface area contributed by atoms with E-state index in [0.717, 1.165) is 26.2 Å². The molecule has 3 heteroatoms. The molecule has 0 amide bonds. The molecule has 0 spiro atoms. The molecule has 0 aliphatic carbocycles. The van der Waals surface area contributed by atoms with E-state index in [2.05, 4.69) is 18.7 Å². The number of rotatable bonds is 8. The molecule has 1 heterocycles. The molecular weight excluding hydrogens is 200 g/mol. The van der Waals surface area contributed by atoms with Crippen LogP contribution < -0.4 is 5.73 Å². The Morgan fingerprint density at radius 3 is 2.56 bits per heavy atom. The summed E-state index contributed by atoms with van der Waals surface area (Å²) in [6, 6.07) is 0.699. The molecule has 1 fully saturated rings. The summed E-state index contributed by atoms with van der Waals surface area (Å²) in [5, 5.41) is 0. The van der Waals surface area contributed by atoms with Crippen LogP contribution in [0.15, 0.2) is 0 Å². The maximum absolute atomic E-state index is 5.69. The van der Waals surface area contributed by atoms with E-state index in [4.69, 9.17) is 10.5 Å². The second kappa shape index (κ2) is 8.04. The highest BCUT2D eigenvalue weighted by atomic mass is 16.5. The van der Waals surface area contributed by atoms with Crippen molar-refractivity contribution in [2.45, 2.75) is 58.1 Å². The lowest BCUT2D eigenvalue weighted by atomic mass is 10.1. The molecular formula is C13H28N2O. The summed E-state index contributed by atoms with van der Waals surface area (Å²) in [6.07, 6.45) is 6.63. The lowest BCUT2D eigenvalue weighted by molar-refractivity contribution is 0.0835. The van der Waals surface area contributed by atoms with Crippen LogP contribution in [0.25, 0.3) is 0 Å². The van der Waals surface area contributed by atoms with Crippen molar-refractivity contribution in [2.75, 3.05) is 26.2 Å². The molecule has 16 heavy (non-hydrogen) atoms. The largest absolute Gasteiger partial charge is 0.378 e. The van der Waals surface area contributed by atoms with Gasteiger partial charge in [-0.3, -0.25) is 4.90 Å². The first-order valence-corrected chi connectivity index (χ1v) is 6.87. The highest BCUT2D eigenvalue weighted by Crippen LogP contribution is 2.17. The van der Waals surface area contributed by atoms with Crippen molar-refractivity contribution in [3.63, 3.8) is 0 Å². The molecule has 1 saturated heterocycles. The van der Waals surface area contributed by atoms with Crippen LogP contribution in [0.3, 0.4) is 0 Å². The number of ether oxygens (including phenoxy) is 1. The SMILES string of the molecule is CCC(CC)N(CCN)CCC1CCCO1.